The first kappa shape index (κ1) is 17.9. The lowest BCUT2D eigenvalue weighted by molar-refractivity contribution is -0.122. The number of benzene rings is 2. The highest BCUT2D eigenvalue weighted by atomic mass is 19.1. The van der Waals surface area contributed by atoms with Crippen LogP contribution in [0.2, 0.25) is 0 Å². The van der Waals surface area contributed by atoms with E-state index in [1.807, 2.05) is 36.2 Å². The molecular weight excluding hydrogens is 307 g/mol. The van der Waals surface area contributed by atoms with E-state index >= 15 is 0 Å². The Balaban J connectivity index is 1.72. The molecule has 5 heteroatoms. The van der Waals surface area contributed by atoms with E-state index in [2.05, 4.69) is 5.32 Å². The van der Waals surface area contributed by atoms with Crippen molar-refractivity contribution in [1.29, 1.82) is 0 Å². The van der Waals surface area contributed by atoms with E-state index in [-0.39, 0.29) is 11.7 Å². The van der Waals surface area contributed by atoms with Crippen molar-refractivity contribution in [3.05, 3.63) is 65.5 Å². The standard InChI is InChI=1S/C19H23FN2O2/c1-22(13-16-4-3-5-18(12-16)24-2)14-19(23)21-11-10-15-6-8-17(20)9-7-15/h3-9,12H,10-11,13-14H2,1-2H3,(H,21,23). The fourth-order valence-corrected chi connectivity index (χ4v) is 2.44. The smallest absolute Gasteiger partial charge is 0.234 e. The number of likely N-dealkylation sites (N-methyl/N-ethyl adjacent to an activating group) is 1. The highest BCUT2D eigenvalue weighted by Gasteiger charge is 2.07. The fourth-order valence-electron chi connectivity index (χ4n) is 2.44. The zero-order valence-electron chi connectivity index (χ0n) is 14.1. The number of hydrogen-bond acceptors (Lipinski definition) is 3. The van der Waals surface area contributed by atoms with E-state index < -0.39 is 0 Å². The molecule has 0 atom stereocenters. The molecule has 0 aliphatic rings. The van der Waals surface area contributed by atoms with Gasteiger partial charge in [-0.3, -0.25) is 9.69 Å². The Morgan fingerprint density at radius 3 is 2.62 bits per heavy atom. The van der Waals surface area contributed by atoms with Crippen LogP contribution in [0.4, 0.5) is 4.39 Å². The number of hydrogen-bond donors (Lipinski definition) is 1. The van der Waals surface area contributed by atoms with Crippen LogP contribution >= 0.6 is 0 Å². The summed E-state index contributed by atoms with van der Waals surface area (Å²) >= 11 is 0. The third-order valence-corrected chi connectivity index (χ3v) is 3.65. The molecule has 0 radical (unpaired) electrons. The molecule has 4 nitrogen and oxygen atoms in total. The maximum Gasteiger partial charge on any atom is 0.234 e. The molecular formula is C19H23FN2O2. The van der Waals surface area contributed by atoms with Crippen LogP contribution in [-0.2, 0) is 17.8 Å². The molecule has 1 amide bonds. The topological polar surface area (TPSA) is 41.6 Å². The van der Waals surface area contributed by atoms with Gasteiger partial charge in [0, 0.05) is 13.1 Å². The third kappa shape index (κ3) is 6.01. The summed E-state index contributed by atoms with van der Waals surface area (Å²) in [6.07, 6.45) is 0.686. The molecule has 2 aromatic carbocycles. The number of ether oxygens (including phenoxy) is 1. The van der Waals surface area contributed by atoms with E-state index in [1.54, 1.807) is 19.2 Å². The summed E-state index contributed by atoms with van der Waals surface area (Å²) in [7, 11) is 3.54. The molecule has 128 valence electrons. The quantitative estimate of drug-likeness (QED) is 0.809. The van der Waals surface area contributed by atoms with Crippen LogP contribution < -0.4 is 10.1 Å². The summed E-state index contributed by atoms with van der Waals surface area (Å²) in [5.41, 5.74) is 2.09. The molecule has 0 unspecified atom stereocenters. The van der Waals surface area contributed by atoms with Gasteiger partial charge >= 0.3 is 0 Å². The van der Waals surface area contributed by atoms with Crippen LogP contribution in [0.15, 0.2) is 48.5 Å². The molecule has 0 saturated heterocycles. The lowest BCUT2D eigenvalue weighted by Crippen LogP contribution is -2.35. The SMILES string of the molecule is COc1cccc(CN(C)CC(=O)NCCc2ccc(F)cc2)c1. The number of halogens is 1. The van der Waals surface area contributed by atoms with E-state index in [0.717, 1.165) is 16.9 Å². The Morgan fingerprint density at radius 2 is 1.92 bits per heavy atom. The van der Waals surface area contributed by atoms with E-state index in [0.29, 0.717) is 26.1 Å². The Labute approximate surface area is 142 Å². The summed E-state index contributed by atoms with van der Waals surface area (Å²) < 4.78 is 18.0. The Kier molecular flexibility index (Phi) is 6.75. The molecule has 0 aliphatic heterocycles. The van der Waals surface area contributed by atoms with Crippen LogP contribution in [0.1, 0.15) is 11.1 Å². The van der Waals surface area contributed by atoms with Gasteiger partial charge < -0.3 is 10.1 Å². The van der Waals surface area contributed by atoms with Crippen molar-refractivity contribution in [2.45, 2.75) is 13.0 Å². The van der Waals surface area contributed by atoms with Gasteiger partial charge in [0.15, 0.2) is 0 Å². The van der Waals surface area contributed by atoms with Gasteiger partial charge in [-0.1, -0.05) is 24.3 Å². The van der Waals surface area contributed by atoms with Gasteiger partial charge in [0.05, 0.1) is 13.7 Å². The van der Waals surface area contributed by atoms with Crippen LogP contribution in [0, 0.1) is 5.82 Å². The number of rotatable bonds is 8. The number of carbonyl (C=O) groups is 1. The first-order valence-electron chi connectivity index (χ1n) is 7.89. The first-order chi connectivity index (χ1) is 11.6. The Morgan fingerprint density at radius 1 is 1.17 bits per heavy atom. The maximum absolute atomic E-state index is 12.8. The number of nitrogens with one attached hydrogen (secondary N) is 1. The number of amides is 1. The predicted octanol–water partition coefficient (Wildman–Crippen LogP) is 2.63. The van der Waals surface area contributed by atoms with Crippen molar-refractivity contribution in [3.63, 3.8) is 0 Å². The van der Waals surface area contributed by atoms with Crippen LogP contribution in [-0.4, -0.2) is 38.1 Å². The average Bonchev–Trinajstić information content (AvgIpc) is 2.56. The van der Waals surface area contributed by atoms with Gasteiger partial charge in [-0.05, 0) is 48.9 Å². The zero-order chi connectivity index (χ0) is 17.4. The fraction of sp³-hybridized carbons (Fsp3) is 0.316. The minimum atomic E-state index is -0.248. The maximum atomic E-state index is 12.8. The van der Waals surface area contributed by atoms with Crippen molar-refractivity contribution in [2.75, 3.05) is 27.2 Å². The van der Waals surface area contributed by atoms with Crippen molar-refractivity contribution in [3.8, 4) is 5.75 Å². The lowest BCUT2D eigenvalue weighted by Gasteiger charge is -2.16. The predicted molar refractivity (Wildman–Crippen MR) is 92.4 cm³/mol. The molecule has 1 N–H and O–H groups in total. The lowest BCUT2D eigenvalue weighted by atomic mass is 10.1. The number of methoxy groups -OCH3 is 1. The van der Waals surface area contributed by atoms with Crippen molar-refractivity contribution in [2.24, 2.45) is 0 Å². The summed E-state index contributed by atoms with van der Waals surface area (Å²) in [6.45, 7) is 1.53. The van der Waals surface area contributed by atoms with Crippen molar-refractivity contribution < 1.29 is 13.9 Å². The minimum Gasteiger partial charge on any atom is -0.497 e. The van der Waals surface area contributed by atoms with Crippen molar-refractivity contribution >= 4 is 5.91 Å². The summed E-state index contributed by atoms with van der Waals surface area (Å²) in [5.74, 6) is 0.536. The molecule has 0 bridgehead atoms. The molecule has 0 saturated carbocycles. The average molecular weight is 330 g/mol. The van der Waals surface area contributed by atoms with E-state index in [1.165, 1.54) is 12.1 Å². The van der Waals surface area contributed by atoms with Crippen LogP contribution in [0.5, 0.6) is 5.75 Å². The second-order valence-corrected chi connectivity index (χ2v) is 5.75. The third-order valence-electron chi connectivity index (χ3n) is 3.65. The van der Waals surface area contributed by atoms with Gasteiger partial charge in [0.2, 0.25) is 5.91 Å². The molecule has 0 aromatic heterocycles. The minimum absolute atomic E-state index is 0.0255. The highest BCUT2D eigenvalue weighted by molar-refractivity contribution is 5.77. The van der Waals surface area contributed by atoms with Crippen LogP contribution in [0.25, 0.3) is 0 Å². The van der Waals surface area contributed by atoms with Gasteiger partial charge in [0.1, 0.15) is 11.6 Å². The largest absolute Gasteiger partial charge is 0.497 e. The first-order valence-corrected chi connectivity index (χ1v) is 7.89. The van der Waals surface area contributed by atoms with Gasteiger partial charge in [-0.2, -0.15) is 0 Å². The van der Waals surface area contributed by atoms with Crippen LogP contribution in [0.3, 0.4) is 0 Å². The zero-order valence-corrected chi connectivity index (χ0v) is 14.1. The summed E-state index contributed by atoms with van der Waals surface area (Å²) in [6, 6.07) is 14.1. The Bertz CT molecular complexity index is 659. The molecule has 0 aliphatic carbocycles. The number of nitrogens with zero attached hydrogens (tertiary/aromatic N) is 1. The monoisotopic (exact) mass is 330 g/mol. The van der Waals surface area contributed by atoms with Gasteiger partial charge in [0.25, 0.3) is 0 Å². The van der Waals surface area contributed by atoms with E-state index in [4.69, 9.17) is 4.74 Å². The molecule has 0 heterocycles. The highest BCUT2D eigenvalue weighted by Crippen LogP contribution is 2.13. The van der Waals surface area contributed by atoms with E-state index in [9.17, 15) is 9.18 Å². The van der Waals surface area contributed by atoms with Gasteiger partial charge in [-0.25, -0.2) is 4.39 Å². The summed E-state index contributed by atoms with van der Waals surface area (Å²) in [4.78, 5) is 13.9. The Hall–Kier alpha value is -2.40. The van der Waals surface area contributed by atoms with Gasteiger partial charge in [-0.15, -0.1) is 0 Å². The van der Waals surface area contributed by atoms with Crippen molar-refractivity contribution in [1.82, 2.24) is 10.2 Å². The number of carbonyl (C=O) groups excluding carboxylic acids is 1. The molecule has 0 spiro atoms. The summed E-state index contributed by atoms with van der Waals surface area (Å²) in [5, 5.41) is 2.89. The molecule has 0 fully saturated rings. The second-order valence-electron chi connectivity index (χ2n) is 5.75. The molecule has 2 aromatic rings. The molecule has 2 rings (SSSR count). The second kappa shape index (κ2) is 9.03. The molecule has 24 heavy (non-hydrogen) atoms. The normalized spacial score (nSPS) is 10.7.